The van der Waals surface area contributed by atoms with Gasteiger partial charge >= 0.3 is 6.18 Å². The highest BCUT2D eigenvalue weighted by Crippen LogP contribution is 2.13. The van der Waals surface area contributed by atoms with Gasteiger partial charge in [-0.15, -0.1) is 0 Å². The van der Waals surface area contributed by atoms with Crippen molar-refractivity contribution >= 4 is 0 Å². The fourth-order valence-corrected chi connectivity index (χ4v) is 0.954. The Balaban J connectivity index is 2.99. The molecule has 0 saturated carbocycles. The molecule has 0 fully saturated rings. The third-order valence-electron chi connectivity index (χ3n) is 1.64. The number of halogens is 3. The third-order valence-corrected chi connectivity index (χ3v) is 1.64. The van der Waals surface area contributed by atoms with Crippen LogP contribution < -0.4 is 5.32 Å². The second-order valence-electron chi connectivity index (χ2n) is 3.12. The van der Waals surface area contributed by atoms with Crippen LogP contribution in [0.1, 0.15) is 12.8 Å². The van der Waals surface area contributed by atoms with Crippen molar-refractivity contribution in [3.8, 4) is 0 Å². The van der Waals surface area contributed by atoms with E-state index in [1.165, 1.54) is 0 Å². The summed E-state index contributed by atoms with van der Waals surface area (Å²) in [5, 5.41) is 2.98. The molecule has 0 rings (SSSR count). The zero-order valence-electron chi connectivity index (χ0n) is 8.90. The third kappa shape index (κ3) is 13.7. The lowest BCUT2D eigenvalue weighted by molar-refractivity contribution is -0.173. The molecule has 0 unspecified atom stereocenters. The summed E-state index contributed by atoms with van der Waals surface area (Å²) in [6.07, 6.45) is -2.32. The second kappa shape index (κ2) is 8.94. The highest BCUT2D eigenvalue weighted by atomic mass is 19.4. The molecule has 0 aliphatic heterocycles. The van der Waals surface area contributed by atoms with Crippen molar-refractivity contribution in [3.05, 3.63) is 0 Å². The molecule has 0 amide bonds. The van der Waals surface area contributed by atoms with Gasteiger partial charge in [-0.1, -0.05) is 0 Å². The number of nitrogens with one attached hydrogen (secondary N) is 1. The molecule has 6 heteroatoms. The van der Waals surface area contributed by atoms with Gasteiger partial charge in [0.05, 0.1) is 6.61 Å². The summed E-state index contributed by atoms with van der Waals surface area (Å²) in [5.41, 5.74) is 0. The molecule has 0 aromatic carbocycles. The Kier molecular flexibility index (Phi) is 8.74. The van der Waals surface area contributed by atoms with Gasteiger partial charge in [0.15, 0.2) is 0 Å². The van der Waals surface area contributed by atoms with Crippen LogP contribution in [0.15, 0.2) is 0 Å². The number of ether oxygens (including phenoxy) is 2. The quantitative estimate of drug-likeness (QED) is 0.609. The van der Waals surface area contributed by atoms with Crippen molar-refractivity contribution in [2.75, 3.05) is 40.0 Å². The van der Waals surface area contributed by atoms with E-state index in [1.807, 2.05) is 0 Å². The zero-order valence-corrected chi connectivity index (χ0v) is 8.90. The largest absolute Gasteiger partial charge is 0.411 e. The number of hydrogen-bond acceptors (Lipinski definition) is 3. The van der Waals surface area contributed by atoms with Gasteiger partial charge in [0.25, 0.3) is 0 Å². The maximum absolute atomic E-state index is 11.6. The molecule has 0 bridgehead atoms. The Hall–Kier alpha value is -0.330. The minimum Gasteiger partial charge on any atom is -0.385 e. The van der Waals surface area contributed by atoms with Crippen LogP contribution >= 0.6 is 0 Å². The molecule has 3 nitrogen and oxygen atoms in total. The molecular formula is C9H18F3NO2. The topological polar surface area (TPSA) is 30.5 Å². The average molecular weight is 229 g/mol. The van der Waals surface area contributed by atoms with E-state index in [0.717, 1.165) is 19.4 Å². The van der Waals surface area contributed by atoms with Crippen molar-refractivity contribution in [2.24, 2.45) is 0 Å². The zero-order chi connectivity index (χ0) is 11.6. The predicted octanol–water partition coefficient (Wildman–Crippen LogP) is 1.58. The van der Waals surface area contributed by atoms with Gasteiger partial charge in [-0.3, -0.25) is 0 Å². The molecule has 0 aromatic rings. The molecule has 0 aliphatic carbocycles. The molecule has 0 atom stereocenters. The van der Waals surface area contributed by atoms with Crippen molar-refractivity contribution in [3.63, 3.8) is 0 Å². The normalized spacial score (nSPS) is 12.0. The van der Waals surface area contributed by atoms with Gasteiger partial charge in [-0.05, 0) is 19.4 Å². The molecule has 0 radical (unpaired) electrons. The van der Waals surface area contributed by atoms with E-state index in [2.05, 4.69) is 10.1 Å². The molecule has 15 heavy (non-hydrogen) atoms. The van der Waals surface area contributed by atoms with Crippen LogP contribution in [0.5, 0.6) is 0 Å². The fourth-order valence-electron chi connectivity index (χ4n) is 0.954. The van der Waals surface area contributed by atoms with Crippen molar-refractivity contribution < 1.29 is 22.6 Å². The summed E-state index contributed by atoms with van der Waals surface area (Å²) in [7, 11) is 1.64. The van der Waals surface area contributed by atoms with Crippen molar-refractivity contribution in [1.29, 1.82) is 0 Å². The number of rotatable bonds is 9. The highest BCUT2D eigenvalue weighted by Gasteiger charge is 2.26. The summed E-state index contributed by atoms with van der Waals surface area (Å²) in [6.45, 7) is 0.857. The van der Waals surface area contributed by atoms with Crippen LogP contribution in [0.3, 0.4) is 0 Å². The summed E-state index contributed by atoms with van der Waals surface area (Å²) >= 11 is 0. The number of alkyl halides is 3. The van der Waals surface area contributed by atoms with E-state index >= 15 is 0 Å². The lowest BCUT2D eigenvalue weighted by Gasteiger charge is -2.08. The molecule has 92 valence electrons. The van der Waals surface area contributed by atoms with Crippen molar-refractivity contribution in [2.45, 2.75) is 19.0 Å². The van der Waals surface area contributed by atoms with Crippen LogP contribution in [-0.2, 0) is 9.47 Å². The van der Waals surface area contributed by atoms with Crippen LogP contribution in [0.4, 0.5) is 13.2 Å². The molecular weight excluding hydrogens is 211 g/mol. The first kappa shape index (κ1) is 14.7. The van der Waals surface area contributed by atoms with Crippen LogP contribution in [0.25, 0.3) is 0 Å². The van der Waals surface area contributed by atoms with E-state index in [9.17, 15) is 13.2 Å². The summed E-state index contributed by atoms with van der Waals surface area (Å²) < 4.78 is 44.1. The number of unbranched alkanes of at least 4 members (excludes halogenated alkanes) is 1. The van der Waals surface area contributed by atoms with Crippen molar-refractivity contribution in [1.82, 2.24) is 5.32 Å². The highest BCUT2D eigenvalue weighted by molar-refractivity contribution is 4.49. The van der Waals surface area contributed by atoms with Gasteiger partial charge in [0, 0.05) is 20.3 Å². The molecule has 0 aromatic heterocycles. The van der Waals surface area contributed by atoms with Gasteiger partial charge in [-0.2, -0.15) is 13.2 Å². The van der Waals surface area contributed by atoms with E-state index in [0.29, 0.717) is 13.2 Å². The molecule has 0 aliphatic rings. The minimum absolute atomic E-state index is 0.0871. The van der Waals surface area contributed by atoms with E-state index in [1.54, 1.807) is 7.11 Å². The molecule has 0 heterocycles. The first-order valence-electron chi connectivity index (χ1n) is 4.90. The van der Waals surface area contributed by atoms with Crippen LogP contribution in [-0.4, -0.2) is 46.2 Å². The maximum atomic E-state index is 11.6. The Bertz CT molecular complexity index is 142. The van der Waals surface area contributed by atoms with Gasteiger partial charge in [0.2, 0.25) is 0 Å². The van der Waals surface area contributed by atoms with Gasteiger partial charge < -0.3 is 14.8 Å². The van der Waals surface area contributed by atoms with E-state index in [4.69, 9.17) is 4.74 Å². The Morgan fingerprint density at radius 3 is 2.40 bits per heavy atom. The Labute approximate surface area is 87.9 Å². The van der Waals surface area contributed by atoms with E-state index in [-0.39, 0.29) is 6.61 Å². The lowest BCUT2D eigenvalue weighted by atomic mass is 10.3. The Morgan fingerprint density at radius 1 is 1.07 bits per heavy atom. The van der Waals surface area contributed by atoms with Crippen LogP contribution in [0.2, 0.25) is 0 Å². The summed E-state index contributed by atoms with van der Waals surface area (Å²) in [4.78, 5) is 0. The maximum Gasteiger partial charge on any atom is 0.411 e. The molecule has 0 spiro atoms. The number of hydrogen-bond donors (Lipinski definition) is 1. The summed E-state index contributed by atoms with van der Waals surface area (Å²) in [6, 6.07) is 0. The lowest BCUT2D eigenvalue weighted by Crippen LogP contribution is -2.24. The summed E-state index contributed by atoms with van der Waals surface area (Å²) in [5.74, 6) is 0. The van der Waals surface area contributed by atoms with Gasteiger partial charge in [-0.25, -0.2) is 0 Å². The fraction of sp³-hybridized carbons (Fsp3) is 1.00. The molecule has 1 N–H and O–H groups in total. The predicted molar refractivity (Wildman–Crippen MR) is 50.9 cm³/mol. The Morgan fingerprint density at radius 2 is 1.80 bits per heavy atom. The average Bonchev–Trinajstić information content (AvgIpc) is 2.14. The van der Waals surface area contributed by atoms with Gasteiger partial charge in [0.1, 0.15) is 6.61 Å². The SMILES string of the molecule is COCCCCNCCOCC(F)(F)F. The van der Waals surface area contributed by atoms with E-state index < -0.39 is 12.8 Å². The smallest absolute Gasteiger partial charge is 0.385 e. The molecule has 0 saturated heterocycles. The van der Waals surface area contributed by atoms with Crippen LogP contribution in [0, 0.1) is 0 Å². The first-order valence-corrected chi connectivity index (χ1v) is 4.90. The first-order chi connectivity index (χ1) is 7.06. The number of methoxy groups -OCH3 is 1. The monoisotopic (exact) mass is 229 g/mol. The minimum atomic E-state index is -4.22. The standard InChI is InChI=1S/C9H18F3NO2/c1-14-6-3-2-4-13-5-7-15-8-9(10,11)12/h13H,2-8H2,1H3. The second-order valence-corrected chi connectivity index (χ2v) is 3.12.